The number of hydrogen-bond donors (Lipinski definition) is 2. The van der Waals surface area contributed by atoms with Crippen LogP contribution in [0.2, 0.25) is 0 Å². The highest BCUT2D eigenvalue weighted by atomic mass is 32.2. The van der Waals surface area contributed by atoms with Gasteiger partial charge in [-0.05, 0) is 49.8 Å². The second-order valence-corrected chi connectivity index (χ2v) is 9.90. The fourth-order valence-electron chi connectivity index (χ4n) is 3.83. The van der Waals surface area contributed by atoms with E-state index in [1.54, 1.807) is 17.0 Å². The monoisotopic (exact) mass is 436 g/mol. The summed E-state index contributed by atoms with van der Waals surface area (Å²) >= 11 is 0. The van der Waals surface area contributed by atoms with E-state index in [2.05, 4.69) is 10.6 Å². The highest BCUT2D eigenvalue weighted by Crippen LogP contribution is 2.28. The van der Waals surface area contributed by atoms with Crippen molar-refractivity contribution in [2.24, 2.45) is 5.92 Å². The van der Waals surface area contributed by atoms with E-state index < -0.39 is 21.8 Å². The summed E-state index contributed by atoms with van der Waals surface area (Å²) < 4.78 is 24.5. The number of benzene rings is 1. The zero-order valence-corrected chi connectivity index (χ0v) is 18.1. The maximum absolute atomic E-state index is 12.3. The second-order valence-electron chi connectivity index (χ2n) is 7.92. The molecule has 0 atom stereocenters. The van der Waals surface area contributed by atoms with Gasteiger partial charge in [0.1, 0.15) is 0 Å². The van der Waals surface area contributed by atoms with Crippen molar-refractivity contribution >= 4 is 39.1 Å². The molecule has 2 fully saturated rings. The van der Waals surface area contributed by atoms with E-state index in [9.17, 15) is 22.8 Å². The first-order chi connectivity index (χ1) is 14.1. The van der Waals surface area contributed by atoms with Crippen LogP contribution in [-0.2, 0) is 24.4 Å². The number of nitrogens with zero attached hydrogens (tertiary/aromatic N) is 2. The Bertz CT molecular complexity index is 939. The number of aryl methyl sites for hydroxylation is 1. The number of anilines is 2. The van der Waals surface area contributed by atoms with Gasteiger partial charge in [0.2, 0.25) is 15.9 Å². The summed E-state index contributed by atoms with van der Waals surface area (Å²) in [6.07, 6.45) is 3.79. The predicted molar refractivity (Wildman–Crippen MR) is 114 cm³/mol. The lowest BCUT2D eigenvalue weighted by molar-refractivity contribution is -0.136. The molecule has 0 radical (unpaired) electrons. The van der Waals surface area contributed by atoms with Crippen molar-refractivity contribution in [1.82, 2.24) is 9.62 Å². The molecule has 0 unspecified atom stereocenters. The lowest BCUT2D eigenvalue weighted by Gasteiger charge is -2.30. The summed E-state index contributed by atoms with van der Waals surface area (Å²) in [5, 5.41) is 5.22. The Kier molecular flexibility index (Phi) is 6.77. The largest absolute Gasteiger partial charge is 0.348 e. The molecular weight excluding hydrogens is 408 g/mol. The van der Waals surface area contributed by atoms with E-state index in [1.807, 2.05) is 13.0 Å². The van der Waals surface area contributed by atoms with E-state index in [4.69, 9.17) is 0 Å². The van der Waals surface area contributed by atoms with Crippen LogP contribution in [0.25, 0.3) is 0 Å². The van der Waals surface area contributed by atoms with Gasteiger partial charge in [-0.15, -0.1) is 0 Å². The third-order valence-corrected chi connectivity index (χ3v) is 6.93. The van der Waals surface area contributed by atoms with Gasteiger partial charge in [-0.2, -0.15) is 0 Å². The Hall–Kier alpha value is -2.46. The molecule has 2 saturated heterocycles. The summed E-state index contributed by atoms with van der Waals surface area (Å²) in [5.41, 5.74) is 2.12. The Morgan fingerprint density at radius 3 is 2.43 bits per heavy atom. The molecule has 10 heteroatoms. The maximum Gasteiger partial charge on any atom is 0.313 e. The standard InChI is InChI=1S/C20H28N4O5S/c1-14-5-6-16(12-17(14)24-9-3-4-18(24)25)22-20(27)19(26)21-13-15-7-10-23(11-8-15)30(2,28)29/h5-6,12,15H,3-4,7-11,13H2,1-2H3,(H,21,26)(H,22,27). The molecule has 2 aliphatic heterocycles. The molecule has 3 rings (SSSR count). The number of amides is 3. The van der Waals surface area contributed by atoms with Gasteiger partial charge < -0.3 is 15.5 Å². The number of rotatable bonds is 5. The number of sulfonamides is 1. The lowest BCUT2D eigenvalue weighted by Crippen LogP contribution is -2.43. The summed E-state index contributed by atoms with van der Waals surface area (Å²) in [6, 6.07) is 5.22. The van der Waals surface area contributed by atoms with Crippen molar-refractivity contribution in [3.05, 3.63) is 23.8 Å². The number of nitrogens with one attached hydrogen (secondary N) is 2. The zero-order chi connectivity index (χ0) is 21.9. The van der Waals surface area contributed by atoms with Crippen molar-refractivity contribution in [1.29, 1.82) is 0 Å². The Balaban J connectivity index is 1.51. The molecule has 0 aromatic heterocycles. The molecule has 1 aromatic carbocycles. The molecule has 2 N–H and O–H groups in total. The number of hydrogen-bond acceptors (Lipinski definition) is 5. The minimum absolute atomic E-state index is 0.0567. The lowest BCUT2D eigenvalue weighted by atomic mass is 9.98. The minimum Gasteiger partial charge on any atom is -0.348 e. The highest BCUT2D eigenvalue weighted by Gasteiger charge is 2.26. The topological polar surface area (TPSA) is 116 Å². The predicted octanol–water partition coefficient (Wildman–Crippen LogP) is 0.848. The molecule has 3 amide bonds. The molecule has 164 valence electrons. The van der Waals surface area contributed by atoms with Gasteiger partial charge in [-0.3, -0.25) is 14.4 Å². The van der Waals surface area contributed by atoms with E-state index in [0.29, 0.717) is 51.1 Å². The SMILES string of the molecule is Cc1ccc(NC(=O)C(=O)NCC2CCN(S(C)(=O)=O)CC2)cc1N1CCCC1=O. The first-order valence-electron chi connectivity index (χ1n) is 10.1. The molecule has 0 saturated carbocycles. The van der Waals surface area contributed by atoms with Crippen LogP contribution in [0.4, 0.5) is 11.4 Å². The van der Waals surface area contributed by atoms with Gasteiger partial charge >= 0.3 is 11.8 Å². The van der Waals surface area contributed by atoms with Gasteiger partial charge in [0.25, 0.3) is 0 Å². The molecule has 0 bridgehead atoms. The van der Waals surface area contributed by atoms with Crippen molar-refractivity contribution in [3.63, 3.8) is 0 Å². The van der Waals surface area contributed by atoms with Gasteiger partial charge in [0, 0.05) is 44.0 Å². The number of piperidine rings is 1. The molecule has 2 heterocycles. The summed E-state index contributed by atoms with van der Waals surface area (Å²) in [4.78, 5) is 38.2. The molecule has 2 aliphatic rings. The normalized spacial score (nSPS) is 18.5. The smallest absolute Gasteiger partial charge is 0.313 e. The van der Waals surface area contributed by atoms with Crippen LogP contribution in [0.3, 0.4) is 0 Å². The van der Waals surface area contributed by atoms with Crippen molar-refractivity contribution in [3.8, 4) is 0 Å². The molecule has 1 aromatic rings. The van der Waals surface area contributed by atoms with Crippen LogP contribution < -0.4 is 15.5 Å². The highest BCUT2D eigenvalue weighted by molar-refractivity contribution is 7.88. The third-order valence-electron chi connectivity index (χ3n) is 5.63. The zero-order valence-electron chi connectivity index (χ0n) is 17.3. The Labute approximate surface area is 176 Å². The van der Waals surface area contributed by atoms with Gasteiger partial charge in [-0.25, -0.2) is 12.7 Å². The van der Waals surface area contributed by atoms with E-state index in [-0.39, 0.29) is 11.8 Å². The van der Waals surface area contributed by atoms with Gasteiger partial charge in [-0.1, -0.05) is 6.07 Å². The molecule has 9 nitrogen and oxygen atoms in total. The van der Waals surface area contributed by atoms with Crippen LogP contribution in [0.5, 0.6) is 0 Å². The fourth-order valence-corrected chi connectivity index (χ4v) is 4.71. The van der Waals surface area contributed by atoms with E-state index >= 15 is 0 Å². The summed E-state index contributed by atoms with van der Waals surface area (Å²) in [6.45, 7) is 3.72. The molecule has 0 spiro atoms. The van der Waals surface area contributed by atoms with Gasteiger partial charge in [0.15, 0.2) is 0 Å². The third kappa shape index (κ3) is 5.37. The second kappa shape index (κ2) is 9.13. The van der Waals surface area contributed by atoms with E-state index in [1.165, 1.54) is 10.6 Å². The minimum atomic E-state index is -3.19. The van der Waals surface area contributed by atoms with Gasteiger partial charge in [0.05, 0.1) is 6.26 Å². The van der Waals surface area contributed by atoms with Crippen LogP contribution in [0.15, 0.2) is 18.2 Å². The molecular formula is C20H28N4O5S. The summed E-state index contributed by atoms with van der Waals surface area (Å²) in [7, 11) is -3.19. The average molecular weight is 437 g/mol. The molecule has 30 heavy (non-hydrogen) atoms. The van der Waals surface area contributed by atoms with E-state index in [0.717, 1.165) is 17.7 Å². The average Bonchev–Trinajstić information content (AvgIpc) is 3.12. The fraction of sp³-hybridized carbons (Fsp3) is 0.550. The van der Waals surface area contributed by atoms with Crippen LogP contribution in [0.1, 0.15) is 31.2 Å². The van der Waals surface area contributed by atoms with Crippen molar-refractivity contribution < 1.29 is 22.8 Å². The Morgan fingerprint density at radius 1 is 1.13 bits per heavy atom. The first kappa shape index (κ1) is 22.2. The summed E-state index contributed by atoms with van der Waals surface area (Å²) in [5.74, 6) is -1.32. The quantitative estimate of drug-likeness (QED) is 0.664. The van der Waals surface area contributed by atoms with Crippen LogP contribution >= 0.6 is 0 Å². The van der Waals surface area contributed by atoms with Crippen LogP contribution in [0, 0.1) is 12.8 Å². The molecule has 0 aliphatic carbocycles. The van der Waals surface area contributed by atoms with Crippen LogP contribution in [-0.4, -0.2) is 62.9 Å². The first-order valence-corrected chi connectivity index (χ1v) is 12.0. The number of carbonyl (C=O) groups is 3. The van der Waals surface area contributed by atoms with Crippen molar-refractivity contribution in [2.45, 2.75) is 32.6 Å². The van der Waals surface area contributed by atoms with Crippen molar-refractivity contribution in [2.75, 3.05) is 42.7 Å². The maximum atomic E-state index is 12.3. The Morgan fingerprint density at radius 2 is 1.83 bits per heavy atom. The number of carbonyl (C=O) groups excluding carboxylic acids is 3.